The Hall–Kier alpha value is -0.920. The molecule has 0 aromatic carbocycles. The zero-order valence-electron chi connectivity index (χ0n) is 8.46. The van der Waals surface area contributed by atoms with E-state index in [1.165, 1.54) is 0 Å². The number of likely N-dealkylation sites (N-methyl/N-ethyl adjacent to an activating group) is 2. The van der Waals surface area contributed by atoms with Crippen LogP contribution in [-0.2, 0) is 0 Å². The highest BCUT2D eigenvalue weighted by atomic mass is 15.3. The number of nitrogens with zero attached hydrogens (tertiary/aromatic N) is 2. The lowest BCUT2D eigenvalue weighted by Gasteiger charge is -2.46. The second-order valence-electron chi connectivity index (χ2n) is 3.60. The van der Waals surface area contributed by atoms with Crippen molar-refractivity contribution in [1.29, 1.82) is 0 Å². The number of hydrogen-bond donors (Lipinski definition) is 0. The Labute approximate surface area is 75.2 Å². The van der Waals surface area contributed by atoms with E-state index in [-0.39, 0.29) is 0 Å². The van der Waals surface area contributed by atoms with E-state index in [4.69, 9.17) is 0 Å². The minimum absolute atomic E-state index is 0.507. The minimum Gasteiger partial charge on any atom is -0.369 e. The summed E-state index contributed by atoms with van der Waals surface area (Å²) in [6.45, 7) is 12.4. The lowest BCUT2D eigenvalue weighted by Crippen LogP contribution is -2.51. The maximum atomic E-state index is 4.00. The van der Waals surface area contributed by atoms with Crippen molar-refractivity contribution in [2.24, 2.45) is 0 Å². The van der Waals surface area contributed by atoms with Gasteiger partial charge >= 0.3 is 0 Å². The molecule has 2 nitrogen and oxygen atoms in total. The zero-order valence-corrected chi connectivity index (χ0v) is 8.46. The summed E-state index contributed by atoms with van der Waals surface area (Å²) in [6.07, 6.45) is 0. The van der Waals surface area contributed by atoms with Crippen LogP contribution in [0.15, 0.2) is 24.6 Å². The molecule has 1 heterocycles. The monoisotopic (exact) mass is 166 g/mol. The molecular formula is C10H18N2. The molecule has 2 heteroatoms. The molecule has 0 aromatic heterocycles. The second kappa shape index (κ2) is 2.85. The summed E-state index contributed by atoms with van der Waals surface area (Å²) >= 11 is 0. The molecule has 68 valence electrons. The minimum atomic E-state index is 0.507. The van der Waals surface area contributed by atoms with E-state index in [2.05, 4.69) is 50.9 Å². The first kappa shape index (κ1) is 9.17. The summed E-state index contributed by atoms with van der Waals surface area (Å²) in [7, 11) is 4.14. The Kier molecular flexibility index (Phi) is 2.18. The summed E-state index contributed by atoms with van der Waals surface area (Å²) in [4.78, 5) is 4.38. The van der Waals surface area contributed by atoms with Crippen LogP contribution in [0.25, 0.3) is 0 Å². The summed E-state index contributed by atoms with van der Waals surface area (Å²) in [5.41, 5.74) is 2.06. The number of hydrogen-bond acceptors (Lipinski definition) is 2. The second-order valence-corrected chi connectivity index (χ2v) is 3.60. The van der Waals surface area contributed by atoms with Gasteiger partial charge < -0.3 is 9.80 Å². The molecule has 0 spiro atoms. The van der Waals surface area contributed by atoms with Gasteiger partial charge in [-0.1, -0.05) is 13.2 Å². The van der Waals surface area contributed by atoms with E-state index in [0.717, 1.165) is 11.4 Å². The molecule has 0 N–H and O–H groups in total. The fraction of sp³-hybridized carbons (Fsp3) is 0.600. The quantitative estimate of drug-likeness (QED) is 0.540. The van der Waals surface area contributed by atoms with Crippen molar-refractivity contribution in [3.8, 4) is 0 Å². The van der Waals surface area contributed by atoms with Crippen LogP contribution in [0.3, 0.4) is 0 Å². The van der Waals surface area contributed by atoms with Gasteiger partial charge in [0.05, 0.1) is 11.4 Å². The highest BCUT2D eigenvalue weighted by Gasteiger charge is 2.29. The lowest BCUT2D eigenvalue weighted by atomic mass is 10.0. The molecule has 0 radical (unpaired) electrons. The van der Waals surface area contributed by atoms with Gasteiger partial charge in [0.2, 0.25) is 0 Å². The van der Waals surface area contributed by atoms with Crippen molar-refractivity contribution in [3.63, 3.8) is 0 Å². The molecule has 0 saturated carbocycles. The Bertz CT molecular complexity index is 196. The molecule has 0 aliphatic carbocycles. The average Bonchev–Trinajstić information content (AvgIpc) is 2.08. The summed E-state index contributed by atoms with van der Waals surface area (Å²) in [5.74, 6) is 0. The lowest BCUT2D eigenvalue weighted by molar-refractivity contribution is 0.146. The molecule has 1 saturated heterocycles. The summed E-state index contributed by atoms with van der Waals surface area (Å²) in [5, 5.41) is 0. The molecule has 1 unspecified atom stereocenters. The fourth-order valence-electron chi connectivity index (χ4n) is 1.55. The largest absolute Gasteiger partial charge is 0.369 e. The predicted octanol–water partition coefficient (Wildman–Crippen LogP) is 1.67. The molecule has 1 fully saturated rings. The Morgan fingerprint density at radius 1 is 0.917 bits per heavy atom. The van der Waals surface area contributed by atoms with E-state index in [9.17, 15) is 0 Å². The predicted molar refractivity (Wildman–Crippen MR) is 52.7 cm³/mol. The first-order valence-electron chi connectivity index (χ1n) is 4.30. The van der Waals surface area contributed by atoms with Crippen LogP contribution < -0.4 is 0 Å². The molecule has 0 amide bonds. The first-order chi connectivity index (χ1) is 5.46. The van der Waals surface area contributed by atoms with Gasteiger partial charge in [0.15, 0.2) is 0 Å². The third-order valence-corrected chi connectivity index (χ3v) is 3.10. The molecular weight excluding hydrogens is 148 g/mol. The third kappa shape index (κ3) is 1.11. The topological polar surface area (TPSA) is 6.48 Å². The molecule has 1 rings (SSSR count). The van der Waals surface area contributed by atoms with Gasteiger partial charge in [0, 0.05) is 26.2 Å². The third-order valence-electron chi connectivity index (χ3n) is 3.10. The van der Waals surface area contributed by atoms with Gasteiger partial charge in [-0.2, -0.15) is 0 Å². The van der Waals surface area contributed by atoms with Crippen LogP contribution in [0.1, 0.15) is 13.8 Å². The van der Waals surface area contributed by atoms with Crippen molar-refractivity contribution < 1.29 is 0 Å². The molecule has 2 atom stereocenters. The van der Waals surface area contributed by atoms with Crippen molar-refractivity contribution >= 4 is 0 Å². The highest BCUT2D eigenvalue weighted by molar-refractivity contribution is 5.27. The first-order valence-corrected chi connectivity index (χ1v) is 4.30. The standard InChI is InChI=1S/C10H18N2/c1-7-8(2)12(6)10(4)9(3)11(7)5/h9-10H,1-2H2,3-6H3/t9-,10?/m0/s1. The molecule has 1 aliphatic heterocycles. The summed E-state index contributed by atoms with van der Waals surface area (Å²) in [6, 6.07) is 1.01. The van der Waals surface area contributed by atoms with E-state index in [1.807, 2.05) is 0 Å². The number of rotatable bonds is 0. The molecule has 0 bridgehead atoms. The van der Waals surface area contributed by atoms with Crippen molar-refractivity contribution in [1.82, 2.24) is 9.80 Å². The maximum Gasteiger partial charge on any atom is 0.0525 e. The molecule has 0 aromatic rings. The molecule has 12 heavy (non-hydrogen) atoms. The zero-order chi connectivity index (χ0) is 9.46. The smallest absolute Gasteiger partial charge is 0.0525 e. The SMILES string of the molecule is C=C1C(=C)N(C)[C@@H](C)C(C)N1C. The Morgan fingerprint density at radius 2 is 1.17 bits per heavy atom. The van der Waals surface area contributed by atoms with E-state index >= 15 is 0 Å². The normalized spacial score (nSPS) is 31.3. The van der Waals surface area contributed by atoms with Crippen molar-refractivity contribution in [3.05, 3.63) is 24.6 Å². The fourth-order valence-corrected chi connectivity index (χ4v) is 1.55. The van der Waals surface area contributed by atoms with Crippen LogP contribution in [0.5, 0.6) is 0 Å². The van der Waals surface area contributed by atoms with Crippen molar-refractivity contribution in [2.45, 2.75) is 25.9 Å². The Balaban J connectivity index is 2.91. The number of piperazine rings is 1. The van der Waals surface area contributed by atoms with Gasteiger partial charge in [-0.25, -0.2) is 0 Å². The van der Waals surface area contributed by atoms with Crippen LogP contribution in [0.2, 0.25) is 0 Å². The van der Waals surface area contributed by atoms with Crippen LogP contribution in [0.4, 0.5) is 0 Å². The van der Waals surface area contributed by atoms with Crippen molar-refractivity contribution in [2.75, 3.05) is 14.1 Å². The van der Waals surface area contributed by atoms with Crippen LogP contribution in [0, 0.1) is 0 Å². The maximum absolute atomic E-state index is 4.00. The average molecular weight is 166 g/mol. The van der Waals surface area contributed by atoms with E-state index in [0.29, 0.717) is 12.1 Å². The van der Waals surface area contributed by atoms with E-state index < -0.39 is 0 Å². The van der Waals surface area contributed by atoms with Gasteiger partial charge in [0.25, 0.3) is 0 Å². The van der Waals surface area contributed by atoms with Gasteiger partial charge in [0.1, 0.15) is 0 Å². The highest BCUT2D eigenvalue weighted by Crippen LogP contribution is 2.26. The molecule has 1 aliphatic rings. The van der Waals surface area contributed by atoms with E-state index in [1.54, 1.807) is 0 Å². The summed E-state index contributed by atoms with van der Waals surface area (Å²) < 4.78 is 0. The Morgan fingerprint density at radius 3 is 1.42 bits per heavy atom. The van der Waals surface area contributed by atoms with Gasteiger partial charge in [-0.3, -0.25) is 0 Å². The van der Waals surface area contributed by atoms with Crippen LogP contribution >= 0.6 is 0 Å². The van der Waals surface area contributed by atoms with Gasteiger partial charge in [-0.15, -0.1) is 0 Å². The van der Waals surface area contributed by atoms with Gasteiger partial charge in [-0.05, 0) is 13.8 Å². The van der Waals surface area contributed by atoms with Crippen LogP contribution in [-0.4, -0.2) is 36.0 Å².